The van der Waals surface area contributed by atoms with Gasteiger partial charge in [-0.25, -0.2) is 4.79 Å². The average molecular weight is 308 g/mol. The summed E-state index contributed by atoms with van der Waals surface area (Å²) in [5, 5.41) is 10.7. The van der Waals surface area contributed by atoms with Gasteiger partial charge in [0.2, 0.25) is 0 Å². The molecule has 2 aromatic rings. The van der Waals surface area contributed by atoms with Crippen molar-refractivity contribution in [2.24, 2.45) is 0 Å². The predicted octanol–water partition coefficient (Wildman–Crippen LogP) is 3.17. The molecule has 120 valence electrons. The van der Waals surface area contributed by atoms with Gasteiger partial charge in [-0.05, 0) is 26.8 Å². The Morgan fingerprint density at radius 2 is 2.05 bits per heavy atom. The number of rotatable bonds is 6. The van der Waals surface area contributed by atoms with Crippen LogP contribution in [-0.4, -0.2) is 31.4 Å². The van der Waals surface area contributed by atoms with E-state index in [0.717, 1.165) is 0 Å². The van der Waals surface area contributed by atoms with Crippen LogP contribution in [0.25, 0.3) is 11.0 Å². The number of furan rings is 1. The molecule has 6 heteroatoms. The first-order chi connectivity index (χ1) is 10.5. The highest BCUT2D eigenvalue weighted by Gasteiger charge is 2.26. The minimum absolute atomic E-state index is 0.141. The van der Waals surface area contributed by atoms with Gasteiger partial charge in [0.15, 0.2) is 11.5 Å². The largest absolute Gasteiger partial charge is 0.504 e. The van der Waals surface area contributed by atoms with Crippen LogP contribution >= 0.6 is 0 Å². The number of benzene rings is 1. The lowest BCUT2D eigenvalue weighted by molar-refractivity contribution is 0.0526. The van der Waals surface area contributed by atoms with E-state index in [1.54, 1.807) is 19.9 Å². The van der Waals surface area contributed by atoms with Crippen molar-refractivity contribution in [1.82, 2.24) is 0 Å². The fraction of sp³-hybridized carbons (Fsp3) is 0.438. The maximum Gasteiger partial charge on any atom is 0.342 e. The van der Waals surface area contributed by atoms with Gasteiger partial charge >= 0.3 is 5.97 Å². The topological polar surface area (TPSA) is 78.1 Å². The molecule has 0 spiro atoms. The molecule has 1 N–H and O–H groups in total. The molecule has 0 atom stereocenters. The summed E-state index contributed by atoms with van der Waals surface area (Å²) in [5.74, 6) is -0.0365. The van der Waals surface area contributed by atoms with E-state index in [1.165, 1.54) is 7.11 Å². The molecule has 1 heterocycles. The first-order valence-electron chi connectivity index (χ1n) is 7.11. The van der Waals surface area contributed by atoms with Crippen LogP contribution in [0, 0.1) is 6.92 Å². The molecule has 0 saturated heterocycles. The maximum absolute atomic E-state index is 12.2. The number of phenolic OH excluding ortho intramolecular Hbond substituents is 1. The SMILES string of the molecule is CCOCc1cc(OC)c(O)c2c(C(=O)OCC)c(C)oc12. The number of phenols is 1. The third kappa shape index (κ3) is 2.74. The van der Waals surface area contributed by atoms with Crippen LogP contribution in [0.15, 0.2) is 10.5 Å². The molecule has 0 amide bonds. The minimum Gasteiger partial charge on any atom is -0.504 e. The Balaban J connectivity index is 2.71. The Bertz CT molecular complexity index is 686. The van der Waals surface area contributed by atoms with Crippen molar-refractivity contribution < 1.29 is 28.5 Å². The fourth-order valence-corrected chi connectivity index (χ4v) is 2.34. The fourth-order valence-electron chi connectivity index (χ4n) is 2.34. The van der Waals surface area contributed by atoms with E-state index in [0.29, 0.717) is 35.5 Å². The van der Waals surface area contributed by atoms with Crippen molar-refractivity contribution in [2.75, 3.05) is 20.3 Å². The summed E-state index contributed by atoms with van der Waals surface area (Å²) < 4.78 is 21.3. The molecule has 0 unspecified atom stereocenters. The molecular weight excluding hydrogens is 288 g/mol. The van der Waals surface area contributed by atoms with Crippen molar-refractivity contribution in [3.63, 3.8) is 0 Å². The number of hydrogen-bond acceptors (Lipinski definition) is 6. The van der Waals surface area contributed by atoms with Crippen LogP contribution in [0.3, 0.4) is 0 Å². The predicted molar refractivity (Wildman–Crippen MR) is 80.5 cm³/mol. The molecule has 0 aliphatic rings. The second kappa shape index (κ2) is 6.70. The number of fused-ring (bicyclic) bond motifs is 1. The smallest absolute Gasteiger partial charge is 0.342 e. The van der Waals surface area contributed by atoms with Gasteiger partial charge in [-0.1, -0.05) is 0 Å². The lowest BCUT2D eigenvalue weighted by Crippen LogP contribution is -2.05. The van der Waals surface area contributed by atoms with Gasteiger partial charge in [-0.15, -0.1) is 0 Å². The molecule has 0 aliphatic carbocycles. The van der Waals surface area contributed by atoms with Crippen LogP contribution in [0.2, 0.25) is 0 Å². The number of carbonyl (C=O) groups is 1. The monoisotopic (exact) mass is 308 g/mol. The summed E-state index contributed by atoms with van der Waals surface area (Å²) in [6, 6.07) is 1.64. The highest BCUT2D eigenvalue weighted by Crippen LogP contribution is 2.42. The summed E-state index contributed by atoms with van der Waals surface area (Å²) in [6.45, 7) is 6.32. The number of methoxy groups -OCH3 is 1. The van der Waals surface area contributed by atoms with Crippen molar-refractivity contribution in [2.45, 2.75) is 27.4 Å². The number of hydrogen-bond donors (Lipinski definition) is 1. The molecule has 0 saturated carbocycles. The summed E-state index contributed by atoms with van der Waals surface area (Å²) in [7, 11) is 1.45. The Morgan fingerprint density at radius 1 is 1.32 bits per heavy atom. The minimum atomic E-state index is -0.537. The number of esters is 1. The molecule has 1 aromatic heterocycles. The van der Waals surface area contributed by atoms with Crippen molar-refractivity contribution in [3.8, 4) is 11.5 Å². The van der Waals surface area contributed by atoms with Crippen LogP contribution in [0.5, 0.6) is 11.5 Å². The standard InChI is InChI=1S/C16H20O6/c1-5-20-8-10-7-11(19-4)14(17)13-12(16(18)21-6-2)9(3)22-15(10)13/h7,17H,5-6,8H2,1-4H3. The highest BCUT2D eigenvalue weighted by atomic mass is 16.5. The normalized spacial score (nSPS) is 10.9. The highest BCUT2D eigenvalue weighted by molar-refractivity contribution is 6.08. The number of carbonyl (C=O) groups excluding carboxylic acids is 1. The van der Waals surface area contributed by atoms with E-state index in [2.05, 4.69) is 0 Å². The van der Waals surface area contributed by atoms with E-state index in [4.69, 9.17) is 18.6 Å². The molecule has 0 bridgehead atoms. The van der Waals surface area contributed by atoms with Gasteiger partial charge in [0.1, 0.15) is 16.9 Å². The van der Waals surface area contributed by atoms with Crippen molar-refractivity contribution in [1.29, 1.82) is 0 Å². The van der Waals surface area contributed by atoms with Gasteiger partial charge in [0.05, 0.1) is 25.7 Å². The van der Waals surface area contributed by atoms with E-state index in [9.17, 15) is 9.90 Å². The zero-order valence-corrected chi connectivity index (χ0v) is 13.2. The van der Waals surface area contributed by atoms with E-state index < -0.39 is 5.97 Å². The zero-order chi connectivity index (χ0) is 16.3. The molecule has 6 nitrogen and oxygen atoms in total. The van der Waals surface area contributed by atoms with Crippen LogP contribution in [0.1, 0.15) is 35.5 Å². The third-order valence-electron chi connectivity index (χ3n) is 3.31. The maximum atomic E-state index is 12.2. The second-order valence-electron chi connectivity index (χ2n) is 4.68. The Hall–Kier alpha value is -2.21. The Kier molecular flexibility index (Phi) is 4.92. The molecule has 22 heavy (non-hydrogen) atoms. The van der Waals surface area contributed by atoms with E-state index in [-0.39, 0.29) is 23.7 Å². The van der Waals surface area contributed by atoms with Crippen molar-refractivity contribution >= 4 is 16.9 Å². The molecular formula is C16H20O6. The molecule has 0 fully saturated rings. The molecule has 2 rings (SSSR count). The second-order valence-corrected chi connectivity index (χ2v) is 4.68. The first kappa shape index (κ1) is 16.2. The number of aryl methyl sites for hydroxylation is 1. The van der Waals surface area contributed by atoms with Gasteiger partial charge in [-0.2, -0.15) is 0 Å². The van der Waals surface area contributed by atoms with E-state index in [1.807, 2.05) is 6.92 Å². The zero-order valence-electron chi connectivity index (χ0n) is 13.2. The van der Waals surface area contributed by atoms with Gasteiger partial charge in [0.25, 0.3) is 0 Å². The molecule has 1 aromatic carbocycles. The van der Waals surface area contributed by atoms with Gasteiger partial charge in [0, 0.05) is 12.2 Å². The van der Waals surface area contributed by atoms with Crippen LogP contribution in [0.4, 0.5) is 0 Å². The lowest BCUT2D eigenvalue weighted by Gasteiger charge is -2.09. The third-order valence-corrected chi connectivity index (χ3v) is 3.31. The summed E-state index contributed by atoms with van der Waals surface area (Å²) >= 11 is 0. The van der Waals surface area contributed by atoms with Crippen LogP contribution in [-0.2, 0) is 16.1 Å². The Labute approximate surface area is 128 Å². The summed E-state index contributed by atoms with van der Waals surface area (Å²) in [6.07, 6.45) is 0. The van der Waals surface area contributed by atoms with Gasteiger partial charge < -0.3 is 23.7 Å². The number of ether oxygens (including phenoxy) is 3. The van der Waals surface area contributed by atoms with E-state index >= 15 is 0 Å². The lowest BCUT2D eigenvalue weighted by atomic mass is 10.1. The quantitative estimate of drug-likeness (QED) is 0.826. The number of aromatic hydroxyl groups is 1. The molecule has 0 aliphatic heterocycles. The van der Waals surface area contributed by atoms with Gasteiger partial charge in [-0.3, -0.25) is 0 Å². The van der Waals surface area contributed by atoms with Crippen molar-refractivity contribution in [3.05, 3.63) is 23.0 Å². The average Bonchev–Trinajstić information content (AvgIpc) is 2.84. The summed E-state index contributed by atoms with van der Waals surface area (Å²) in [4.78, 5) is 12.2. The summed E-state index contributed by atoms with van der Waals surface area (Å²) in [5.41, 5.74) is 1.32. The Morgan fingerprint density at radius 3 is 2.64 bits per heavy atom. The van der Waals surface area contributed by atoms with Crippen LogP contribution < -0.4 is 4.74 Å². The molecule has 0 radical (unpaired) electrons. The first-order valence-corrected chi connectivity index (χ1v) is 7.11.